The Morgan fingerprint density at radius 2 is 1.68 bits per heavy atom. The first-order valence-corrected chi connectivity index (χ1v) is 9.06. The van der Waals surface area contributed by atoms with Gasteiger partial charge in [0.25, 0.3) is 10.0 Å². The summed E-state index contributed by atoms with van der Waals surface area (Å²) in [5.74, 6) is -0.446. The summed E-state index contributed by atoms with van der Waals surface area (Å²) in [4.78, 5) is 11.9. The summed E-state index contributed by atoms with van der Waals surface area (Å²) < 4.78 is 26.4. The third-order valence-electron chi connectivity index (χ3n) is 3.66. The summed E-state index contributed by atoms with van der Waals surface area (Å²) in [6, 6.07) is 12.1. The van der Waals surface area contributed by atoms with Crippen molar-refractivity contribution in [1.82, 2.24) is 4.41 Å². The standard InChI is InChI=1S/C19H20N2O3S/c1-5-18(22)17-12-15(3)8-11-19(17)25(23,24)21(4)20-13-16-9-6-14(2)7-10-16/h5-13H,1H2,2-4H3/b20-13+. The lowest BCUT2D eigenvalue weighted by Gasteiger charge is -2.16. The average Bonchev–Trinajstić information content (AvgIpc) is 2.59. The van der Waals surface area contributed by atoms with Crippen molar-refractivity contribution in [3.63, 3.8) is 0 Å². The van der Waals surface area contributed by atoms with Crippen LogP contribution in [-0.2, 0) is 10.0 Å². The zero-order chi connectivity index (χ0) is 18.6. The van der Waals surface area contributed by atoms with Crippen LogP contribution in [0.3, 0.4) is 0 Å². The highest BCUT2D eigenvalue weighted by molar-refractivity contribution is 7.89. The highest BCUT2D eigenvalue weighted by Crippen LogP contribution is 2.22. The molecule has 2 aromatic rings. The number of carbonyl (C=O) groups is 1. The summed E-state index contributed by atoms with van der Waals surface area (Å²) in [6.07, 6.45) is 2.56. The van der Waals surface area contributed by atoms with Crippen LogP contribution >= 0.6 is 0 Å². The van der Waals surface area contributed by atoms with Gasteiger partial charge in [-0.3, -0.25) is 4.79 Å². The predicted molar refractivity (Wildman–Crippen MR) is 99.4 cm³/mol. The van der Waals surface area contributed by atoms with Gasteiger partial charge in [0.05, 0.1) is 6.21 Å². The van der Waals surface area contributed by atoms with Crippen LogP contribution in [0.25, 0.3) is 0 Å². The van der Waals surface area contributed by atoms with E-state index < -0.39 is 15.8 Å². The minimum atomic E-state index is -3.95. The fourth-order valence-electron chi connectivity index (χ4n) is 2.18. The van der Waals surface area contributed by atoms with E-state index in [9.17, 15) is 13.2 Å². The quantitative estimate of drug-likeness (QED) is 0.345. The molecule has 0 N–H and O–H groups in total. The first-order valence-electron chi connectivity index (χ1n) is 7.62. The van der Waals surface area contributed by atoms with Crippen LogP contribution in [0.1, 0.15) is 27.0 Å². The molecule has 5 nitrogen and oxygen atoms in total. The van der Waals surface area contributed by atoms with E-state index in [1.165, 1.54) is 25.4 Å². The van der Waals surface area contributed by atoms with Gasteiger partial charge in [-0.1, -0.05) is 48.0 Å². The fraction of sp³-hybridized carbons (Fsp3) is 0.158. The first kappa shape index (κ1) is 18.6. The van der Waals surface area contributed by atoms with Crippen LogP contribution in [0.5, 0.6) is 0 Å². The van der Waals surface area contributed by atoms with Crippen LogP contribution in [0.2, 0.25) is 0 Å². The SMILES string of the molecule is C=CC(=O)c1cc(C)ccc1S(=O)(=O)N(C)/N=C/c1ccc(C)cc1. The van der Waals surface area contributed by atoms with Gasteiger partial charge in [-0.15, -0.1) is 0 Å². The number of hydrogen-bond acceptors (Lipinski definition) is 4. The van der Waals surface area contributed by atoms with Crippen molar-refractivity contribution in [2.24, 2.45) is 5.10 Å². The van der Waals surface area contributed by atoms with Crippen molar-refractivity contribution in [2.75, 3.05) is 7.05 Å². The van der Waals surface area contributed by atoms with Gasteiger partial charge in [-0.2, -0.15) is 17.9 Å². The molecule has 130 valence electrons. The minimum absolute atomic E-state index is 0.0902. The summed E-state index contributed by atoms with van der Waals surface area (Å²) >= 11 is 0. The van der Waals surface area contributed by atoms with Crippen molar-refractivity contribution in [3.05, 3.63) is 77.4 Å². The van der Waals surface area contributed by atoms with E-state index in [0.717, 1.165) is 27.2 Å². The number of hydrazone groups is 1. The maximum atomic E-state index is 12.8. The highest BCUT2D eigenvalue weighted by atomic mass is 32.2. The second-order valence-corrected chi connectivity index (χ2v) is 7.58. The Kier molecular flexibility index (Phi) is 5.54. The largest absolute Gasteiger partial charge is 0.289 e. The maximum absolute atomic E-state index is 12.8. The van der Waals surface area contributed by atoms with Crippen molar-refractivity contribution in [2.45, 2.75) is 18.7 Å². The molecule has 0 unspecified atom stereocenters. The molecule has 0 atom stereocenters. The molecule has 0 saturated heterocycles. The first-order chi connectivity index (χ1) is 11.8. The summed E-state index contributed by atoms with van der Waals surface area (Å²) in [5.41, 5.74) is 2.76. The number of carbonyl (C=O) groups excluding carboxylic acids is 1. The molecule has 0 heterocycles. The van der Waals surface area contributed by atoms with E-state index in [-0.39, 0.29) is 10.5 Å². The molecule has 0 radical (unpaired) electrons. The Morgan fingerprint density at radius 3 is 2.28 bits per heavy atom. The van der Waals surface area contributed by atoms with Crippen molar-refractivity contribution in [3.8, 4) is 0 Å². The van der Waals surface area contributed by atoms with Crippen LogP contribution < -0.4 is 0 Å². The lowest BCUT2D eigenvalue weighted by molar-refractivity contribution is 0.104. The fourth-order valence-corrected chi connectivity index (χ4v) is 3.31. The number of ketones is 1. The molecule has 0 spiro atoms. The molecular weight excluding hydrogens is 336 g/mol. The highest BCUT2D eigenvalue weighted by Gasteiger charge is 2.25. The van der Waals surface area contributed by atoms with Crippen LogP contribution in [0.15, 0.2) is 65.1 Å². The predicted octanol–water partition coefficient (Wildman–Crippen LogP) is 3.33. The Bertz CT molecular complexity index is 930. The van der Waals surface area contributed by atoms with E-state index in [1.54, 1.807) is 13.0 Å². The molecule has 2 rings (SSSR count). The zero-order valence-corrected chi connectivity index (χ0v) is 15.2. The number of benzene rings is 2. The van der Waals surface area contributed by atoms with E-state index >= 15 is 0 Å². The smallest absolute Gasteiger partial charge is 0.279 e. The molecule has 6 heteroatoms. The minimum Gasteiger partial charge on any atom is -0.289 e. The molecule has 0 aliphatic rings. The van der Waals surface area contributed by atoms with Crippen LogP contribution in [0.4, 0.5) is 0 Å². The topological polar surface area (TPSA) is 66.8 Å². The molecule has 0 bridgehead atoms. The van der Waals surface area contributed by atoms with Crippen molar-refractivity contribution >= 4 is 22.0 Å². The molecule has 0 aliphatic carbocycles. The molecule has 0 aromatic heterocycles. The van der Waals surface area contributed by atoms with Gasteiger partial charge < -0.3 is 0 Å². The van der Waals surface area contributed by atoms with Gasteiger partial charge in [-0.25, -0.2) is 0 Å². The molecule has 0 amide bonds. The van der Waals surface area contributed by atoms with E-state index in [0.29, 0.717) is 0 Å². The van der Waals surface area contributed by atoms with Gasteiger partial charge in [-0.05, 0) is 37.6 Å². The van der Waals surface area contributed by atoms with E-state index in [2.05, 4.69) is 11.7 Å². The van der Waals surface area contributed by atoms with Crippen molar-refractivity contribution < 1.29 is 13.2 Å². The van der Waals surface area contributed by atoms with Gasteiger partial charge in [0.15, 0.2) is 5.78 Å². The molecule has 0 aliphatic heterocycles. The maximum Gasteiger partial charge on any atom is 0.279 e. The Morgan fingerprint density at radius 1 is 1.08 bits per heavy atom. The summed E-state index contributed by atoms with van der Waals surface area (Å²) in [5, 5.41) is 4.00. The van der Waals surface area contributed by atoms with Crippen LogP contribution in [0, 0.1) is 13.8 Å². The summed E-state index contributed by atoms with van der Waals surface area (Å²) in [7, 11) is -2.62. The number of aryl methyl sites for hydroxylation is 2. The number of hydrogen-bond donors (Lipinski definition) is 0. The number of rotatable bonds is 6. The van der Waals surface area contributed by atoms with Crippen molar-refractivity contribution in [1.29, 1.82) is 0 Å². The number of allylic oxidation sites excluding steroid dienone is 1. The third-order valence-corrected chi connectivity index (χ3v) is 5.36. The second kappa shape index (κ2) is 7.44. The molecule has 0 saturated carbocycles. The summed E-state index contributed by atoms with van der Waals surface area (Å²) in [6.45, 7) is 7.18. The van der Waals surface area contributed by atoms with Gasteiger partial charge in [0.2, 0.25) is 0 Å². The zero-order valence-electron chi connectivity index (χ0n) is 14.4. The number of sulfonamides is 1. The van der Waals surface area contributed by atoms with Gasteiger partial charge in [0, 0.05) is 12.6 Å². The molecule has 2 aromatic carbocycles. The Balaban J connectivity index is 2.39. The Hall–Kier alpha value is -2.73. The monoisotopic (exact) mass is 356 g/mol. The van der Waals surface area contributed by atoms with Gasteiger partial charge >= 0.3 is 0 Å². The lowest BCUT2D eigenvalue weighted by Crippen LogP contribution is -2.24. The van der Waals surface area contributed by atoms with Gasteiger partial charge in [0.1, 0.15) is 4.90 Å². The second-order valence-electron chi connectivity index (χ2n) is 5.66. The molecule has 0 fully saturated rings. The Labute approximate surface area is 148 Å². The average molecular weight is 356 g/mol. The lowest BCUT2D eigenvalue weighted by atomic mass is 10.1. The van der Waals surface area contributed by atoms with Crippen LogP contribution in [-0.4, -0.2) is 31.9 Å². The third kappa shape index (κ3) is 4.22. The number of nitrogens with zero attached hydrogens (tertiary/aromatic N) is 2. The van der Waals surface area contributed by atoms with E-state index in [1.807, 2.05) is 31.2 Å². The molecule has 25 heavy (non-hydrogen) atoms. The normalized spacial score (nSPS) is 11.5. The molecular formula is C19H20N2O3S. The van der Waals surface area contributed by atoms with E-state index in [4.69, 9.17) is 0 Å².